The van der Waals surface area contributed by atoms with Gasteiger partial charge in [-0.3, -0.25) is 9.78 Å². The van der Waals surface area contributed by atoms with Crippen molar-refractivity contribution in [3.05, 3.63) is 71.4 Å². The molecule has 0 saturated carbocycles. The van der Waals surface area contributed by atoms with Crippen LogP contribution in [-0.4, -0.2) is 10.9 Å². The van der Waals surface area contributed by atoms with Crippen molar-refractivity contribution >= 4 is 22.5 Å². The molecule has 2 aromatic carbocycles. The number of anilines is 1. The van der Waals surface area contributed by atoms with Crippen LogP contribution >= 0.6 is 0 Å². The summed E-state index contributed by atoms with van der Waals surface area (Å²) in [4.78, 5) is 19.2. The van der Waals surface area contributed by atoms with Gasteiger partial charge < -0.3 is 4.90 Å². The van der Waals surface area contributed by atoms with Crippen LogP contribution in [0.15, 0.2) is 54.6 Å². The van der Waals surface area contributed by atoms with Crippen LogP contribution in [0.3, 0.4) is 0 Å². The molecule has 3 heteroatoms. The quantitative estimate of drug-likeness (QED) is 0.678. The molecule has 0 unspecified atom stereocenters. The lowest BCUT2D eigenvalue weighted by Gasteiger charge is -2.15. The van der Waals surface area contributed by atoms with Crippen molar-refractivity contribution in [1.29, 1.82) is 0 Å². The van der Waals surface area contributed by atoms with Crippen LogP contribution in [0.2, 0.25) is 0 Å². The maximum absolute atomic E-state index is 12.7. The number of amides is 1. The number of carbonyl (C=O) groups is 1. The van der Waals surface area contributed by atoms with Gasteiger partial charge in [-0.15, -0.1) is 0 Å². The van der Waals surface area contributed by atoms with Gasteiger partial charge in [0.05, 0.1) is 23.3 Å². The number of nitrogens with zero attached hydrogens (tertiary/aromatic N) is 2. The molecule has 21 heavy (non-hydrogen) atoms. The van der Waals surface area contributed by atoms with Crippen LogP contribution in [-0.2, 0) is 6.54 Å². The highest BCUT2D eigenvalue weighted by molar-refractivity contribution is 6.12. The summed E-state index contributed by atoms with van der Waals surface area (Å²) >= 11 is 0. The fourth-order valence-corrected chi connectivity index (χ4v) is 3.01. The summed E-state index contributed by atoms with van der Waals surface area (Å²) < 4.78 is 0. The lowest BCUT2D eigenvalue weighted by molar-refractivity contribution is 0.0996. The zero-order valence-electron chi connectivity index (χ0n) is 11.7. The van der Waals surface area contributed by atoms with Crippen molar-refractivity contribution in [2.45, 2.75) is 13.5 Å². The second-order valence-electron chi connectivity index (χ2n) is 5.30. The Kier molecular flexibility index (Phi) is 2.54. The molecule has 2 heterocycles. The Morgan fingerprint density at radius 2 is 1.71 bits per heavy atom. The van der Waals surface area contributed by atoms with Crippen LogP contribution < -0.4 is 4.90 Å². The molecule has 0 fully saturated rings. The smallest absolute Gasteiger partial charge is 0.260 e. The van der Waals surface area contributed by atoms with Gasteiger partial charge in [0.15, 0.2) is 0 Å². The number of pyridine rings is 1. The monoisotopic (exact) mass is 274 g/mol. The van der Waals surface area contributed by atoms with E-state index in [9.17, 15) is 4.79 Å². The Balaban J connectivity index is 1.90. The lowest BCUT2D eigenvalue weighted by Crippen LogP contribution is -2.23. The molecule has 0 aliphatic carbocycles. The first-order chi connectivity index (χ1) is 10.3. The van der Waals surface area contributed by atoms with Crippen LogP contribution in [0, 0.1) is 6.92 Å². The van der Waals surface area contributed by atoms with E-state index in [2.05, 4.69) is 4.98 Å². The van der Waals surface area contributed by atoms with Crippen LogP contribution in [0.25, 0.3) is 10.9 Å². The second kappa shape index (κ2) is 4.42. The fraction of sp³-hybridized carbons (Fsp3) is 0.111. The van der Waals surface area contributed by atoms with Crippen LogP contribution in [0.1, 0.15) is 21.6 Å². The van der Waals surface area contributed by atoms with E-state index in [-0.39, 0.29) is 5.91 Å². The summed E-state index contributed by atoms with van der Waals surface area (Å²) in [5.41, 5.74) is 4.54. The molecular weight excluding hydrogens is 260 g/mol. The van der Waals surface area contributed by atoms with Gasteiger partial charge >= 0.3 is 0 Å². The molecule has 0 radical (unpaired) electrons. The second-order valence-corrected chi connectivity index (χ2v) is 5.30. The van der Waals surface area contributed by atoms with Gasteiger partial charge in [-0.05, 0) is 30.7 Å². The van der Waals surface area contributed by atoms with Gasteiger partial charge in [0.2, 0.25) is 0 Å². The maximum atomic E-state index is 12.7. The summed E-state index contributed by atoms with van der Waals surface area (Å²) in [5, 5.41) is 1.06. The molecule has 102 valence electrons. The number of para-hydroxylation sites is 2. The number of fused-ring (bicyclic) bond motifs is 2. The first kappa shape index (κ1) is 12.1. The Labute approximate surface area is 122 Å². The molecule has 1 aromatic heterocycles. The van der Waals surface area contributed by atoms with Gasteiger partial charge in [0, 0.05) is 11.1 Å². The van der Waals surface area contributed by atoms with E-state index in [4.69, 9.17) is 0 Å². The number of carbonyl (C=O) groups excluding carboxylic acids is 1. The normalized spacial score (nSPS) is 13.8. The van der Waals surface area contributed by atoms with Crippen molar-refractivity contribution in [2.24, 2.45) is 0 Å². The molecule has 4 rings (SSSR count). The zero-order chi connectivity index (χ0) is 14.4. The average Bonchev–Trinajstić information content (AvgIpc) is 2.85. The Morgan fingerprint density at radius 1 is 1.00 bits per heavy atom. The number of hydrogen-bond acceptors (Lipinski definition) is 2. The molecule has 0 spiro atoms. The minimum atomic E-state index is 0.0481. The lowest BCUT2D eigenvalue weighted by atomic mass is 10.0. The highest BCUT2D eigenvalue weighted by Gasteiger charge is 2.32. The molecular formula is C18H14N2O. The van der Waals surface area contributed by atoms with Crippen molar-refractivity contribution < 1.29 is 4.79 Å². The Morgan fingerprint density at radius 3 is 2.52 bits per heavy atom. The largest absolute Gasteiger partial charge is 0.302 e. The number of aromatic nitrogens is 1. The van der Waals surface area contributed by atoms with Gasteiger partial charge in [-0.2, -0.15) is 0 Å². The van der Waals surface area contributed by atoms with Crippen LogP contribution in [0.5, 0.6) is 0 Å². The maximum Gasteiger partial charge on any atom is 0.260 e. The van der Waals surface area contributed by atoms with E-state index in [1.807, 2.05) is 61.5 Å². The van der Waals surface area contributed by atoms with E-state index in [1.165, 1.54) is 0 Å². The highest BCUT2D eigenvalue weighted by atomic mass is 16.2. The summed E-state index contributed by atoms with van der Waals surface area (Å²) in [6.45, 7) is 2.55. The van der Waals surface area contributed by atoms with Gasteiger partial charge in [0.25, 0.3) is 5.91 Å². The number of hydrogen-bond donors (Lipinski definition) is 0. The van der Waals surface area contributed by atoms with Crippen LogP contribution in [0.4, 0.5) is 5.69 Å². The van der Waals surface area contributed by atoms with E-state index >= 15 is 0 Å². The molecule has 0 bridgehead atoms. The Bertz CT molecular complexity index is 856. The average molecular weight is 274 g/mol. The topological polar surface area (TPSA) is 33.2 Å². The third kappa shape index (κ3) is 1.74. The van der Waals surface area contributed by atoms with E-state index in [1.54, 1.807) is 4.90 Å². The molecule has 3 nitrogen and oxygen atoms in total. The minimum absolute atomic E-state index is 0.0481. The standard InChI is InChI=1S/C18H14N2O/c1-12-14-9-5-6-10-15(14)19-16-11-20(18(21)17(12)16)13-7-3-2-4-8-13/h2-10H,11H2,1H3. The predicted molar refractivity (Wildman–Crippen MR) is 83.4 cm³/mol. The molecule has 0 saturated heterocycles. The van der Waals surface area contributed by atoms with Gasteiger partial charge in [0.1, 0.15) is 0 Å². The highest BCUT2D eigenvalue weighted by Crippen LogP contribution is 2.32. The van der Waals surface area contributed by atoms with Crippen molar-refractivity contribution in [2.75, 3.05) is 4.90 Å². The summed E-state index contributed by atoms with van der Waals surface area (Å²) in [7, 11) is 0. The van der Waals surface area contributed by atoms with E-state index in [0.717, 1.165) is 33.4 Å². The molecule has 3 aromatic rings. The first-order valence-electron chi connectivity index (χ1n) is 7.01. The SMILES string of the molecule is Cc1c2c(nc3ccccc13)CN(c1ccccc1)C2=O. The van der Waals surface area contributed by atoms with Crippen molar-refractivity contribution in [3.63, 3.8) is 0 Å². The minimum Gasteiger partial charge on any atom is -0.302 e. The molecule has 0 atom stereocenters. The van der Waals surface area contributed by atoms with E-state index in [0.29, 0.717) is 6.54 Å². The zero-order valence-corrected chi connectivity index (χ0v) is 11.7. The summed E-state index contributed by atoms with van der Waals surface area (Å²) in [6.07, 6.45) is 0. The first-order valence-corrected chi connectivity index (χ1v) is 7.01. The Hall–Kier alpha value is -2.68. The molecule has 1 amide bonds. The number of aryl methyl sites for hydroxylation is 1. The third-order valence-electron chi connectivity index (χ3n) is 4.06. The van der Waals surface area contributed by atoms with E-state index < -0.39 is 0 Å². The van der Waals surface area contributed by atoms with Gasteiger partial charge in [-0.25, -0.2) is 0 Å². The third-order valence-corrected chi connectivity index (χ3v) is 4.06. The molecule has 1 aliphatic rings. The number of benzene rings is 2. The summed E-state index contributed by atoms with van der Waals surface area (Å²) in [6, 6.07) is 17.7. The molecule has 0 N–H and O–H groups in total. The number of rotatable bonds is 1. The molecule has 1 aliphatic heterocycles. The van der Waals surface area contributed by atoms with Crippen molar-refractivity contribution in [3.8, 4) is 0 Å². The van der Waals surface area contributed by atoms with Gasteiger partial charge in [-0.1, -0.05) is 36.4 Å². The van der Waals surface area contributed by atoms with Crippen molar-refractivity contribution in [1.82, 2.24) is 4.98 Å². The predicted octanol–water partition coefficient (Wildman–Crippen LogP) is 3.70. The fourth-order valence-electron chi connectivity index (χ4n) is 3.01. The summed E-state index contributed by atoms with van der Waals surface area (Å²) in [5.74, 6) is 0.0481.